The second kappa shape index (κ2) is 5.47. The fourth-order valence-electron chi connectivity index (χ4n) is 3.33. The van der Waals surface area contributed by atoms with Crippen LogP contribution in [0.5, 0.6) is 0 Å². The lowest BCUT2D eigenvalue weighted by atomic mass is 9.90. The Morgan fingerprint density at radius 1 is 1.42 bits per heavy atom. The van der Waals surface area contributed by atoms with Gasteiger partial charge < -0.3 is 14.7 Å². The van der Waals surface area contributed by atoms with Gasteiger partial charge in [-0.05, 0) is 25.8 Å². The first-order chi connectivity index (χ1) is 9.27. The van der Waals surface area contributed by atoms with E-state index in [1.165, 1.54) is 19.3 Å². The second-order valence-electron chi connectivity index (χ2n) is 5.55. The van der Waals surface area contributed by atoms with Gasteiger partial charge in [-0.2, -0.15) is 0 Å². The standard InChI is InChI=1S/C15H22N2O2/c1-11(18)12-5-4-8-16-15(12)17-9-10-19-14-7-3-2-6-13(14)17/h4-5,8,11,13-14,18H,2-3,6-7,9-10H2,1H3/t11-,13?,14?/m1/s1. The summed E-state index contributed by atoms with van der Waals surface area (Å²) >= 11 is 0. The lowest BCUT2D eigenvalue weighted by Gasteiger charge is -2.45. The van der Waals surface area contributed by atoms with Crippen LogP contribution < -0.4 is 4.90 Å². The largest absolute Gasteiger partial charge is 0.389 e. The van der Waals surface area contributed by atoms with Crippen LogP contribution >= 0.6 is 0 Å². The number of aliphatic hydroxyl groups is 1. The molecule has 1 aromatic rings. The number of aliphatic hydroxyl groups excluding tert-OH is 1. The van der Waals surface area contributed by atoms with Crippen LogP contribution in [0.15, 0.2) is 18.3 Å². The summed E-state index contributed by atoms with van der Waals surface area (Å²) in [6.07, 6.45) is 6.52. The molecule has 0 radical (unpaired) electrons. The fourth-order valence-corrected chi connectivity index (χ4v) is 3.33. The average Bonchev–Trinajstić information content (AvgIpc) is 2.46. The van der Waals surface area contributed by atoms with Crippen LogP contribution in [0.1, 0.15) is 44.3 Å². The summed E-state index contributed by atoms with van der Waals surface area (Å²) in [4.78, 5) is 6.88. The van der Waals surface area contributed by atoms with Gasteiger partial charge in [0.25, 0.3) is 0 Å². The zero-order valence-corrected chi connectivity index (χ0v) is 11.5. The third kappa shape index (κ3) is 2.47. The maximum atomic E-state index is 9.93. The average molecular weight is 262 g/mol. The Labute approximate surface area is 114 Å². The lowest BCUT2D eigenvalue weighted by Crippen LogP contribution is -2.53. The van der Waals surface area contributed by atoms with Gasteiger partial charge in [0.2, 0.25) is 0 Å². The summed E-state index contributed by atoms with van der Waals surface area (Å²) in [5, 5.41) is 9.93. The lowest BCUT2D eigenvalue weighted by molar-refractivity contribution is -0.00920. The third-order valence-corrected chi connectivity index (χ3v) is 4.27. The quantitative estimate of drug-likeness (QED) is 0.888. The summed E-state index contributed by atoms with van der Waals surface area (Å²) in [5.41, 5.74) is 0.925. The van der Waals surface area contributed by atoms with E-state index in [0.717, 1.165) is 31.0 Å². The van der Waals surface area contributed by atoms with E-state index in [9.17, 15) is 5.11 Å². The fraction of sp³-hybridized carbons (Fsp3) is 0.667. The monoisotopic (exact) mass is 262 g/mol. The van der Waals surface area contributed by atoms with Crippen molar-refractivity contribution in [3.63, 3.8) is 0 Å². The first-order valence-corrected chi connectivity index (χ1v) is 7.28. The van der Waals surface area contributed by atoms with Gasteiger partial charge in [0, 0.05) is 18.3 Å². The van der Waals surface area contributed by atoms with Gasteiger partial charge in [-0.3, -0.25) is 0 Å². The predicted molar refractivity (Wildman–Crippen MR) is 74.2 cm³/mol. The number of nitrogens with zero attached hydrogens (tertiary/aromatic N) is 2. The first-order valence-electron chi connectivity index (χ1n) is 7.28. The predicted octanol–water partition coefficient (Wildman–Crippen LogP) is 2.28. The molecule has 3 atom stereocenters. The summed E-state index contributed by atoms with van der Waals surface area (Å²) in [7, 11) is 0. The topological polar surface area (TPSA) is 45.6 Å². The molecule has 0 spiro atoms. The van der Waals surface area contributed by atoms with Crippen LogP contribution in [-0.4, -0.2) is 35.4 Å². The number of pyridine rings is 1. The molecule has 0 aromatic carbocycles. The molecule has 1 N–H and O–H groups in total. The molecular weight excluding hydrogens is 240 g/mol. The number of fused-ring (bicyclic) bond motifs is 1. The Morgan fingerprint density at radius 3 is 3.11 bits per heavy atom. The minimum Gasteiger partial charge on any atom is -0.389 e. The number of anilines is 1. The Morgan fingerprint density at radius 2 is 2.26 bits per heavy atom. The second-order valence-corrected chi connectivity index (χ2v) is 5.55. The Kier molecular flexibility index (Phi) is 3.71. The van der Waals surface area contributed by atoms with E-state index in [1.54, 1.807) is 6.92 Å². The SMILES string of the molecule is C[C@@H](O)c1cccnc1N1CCOC2CCCCC21. The normalized spacial score (nSPS) is 28.8. The molecule has 104 valence electrons. The van der Waals surface area contributed by atoms with Crippen molar-refractivity contribution in [2.24, 2.45) is 0 Å². The molecule has 2 heterocycles. The van der Waals surface area contributed by atoms with Gasteiger partial charge in [0.15, 0.2) is 0 Å². The van der Waals surface area contributed by atoms with Crippen molar-refractivity contribution in [1.82, 2.24) is 4.98 Å². The highest BCUT2D eigenvalue weighted by Crippen LogP contribution is 2.34. The van der Waals surface area contributed by atoms with E-state index in [2.05, 4.69) is 9.88 Å². The smallest absolute Gasteiger partial charge is 0.134 e. The molecule has 19 heavy (non-hydrogen) atoms. The Hall–Kier alpha value is -1.13. The molecule has 1 aromatic heterocycles. The molecule has 3 rings (SSSR count). The van der Waals surface area contributed by atoms with Crippen LogP contribution in [0, 0.1) is 0 Å². The Balaban J connectivity index is 1.91. The van der Waals surface area contributed by atoms with Crippen LogP contribution in [0.3, 0.4) is 0 Å². The highest BCUT2D eigenvalue weighted by Gasteiger charge is 2.35. The van der Waals surface area contributed by atoms with E-state index < -0.39 is 6.10 Å². The number of morpholine rings is 1. The van der Waals surface area contributed by atoms with Crippen LogP contribution in [0.2, 0.25) is 0 Å². The zero-order chi connectivity index (χ0) is 13.2. The zero-order valence-electron chi connectivity index (χ0n) is 11.5. The van der Waals surface area contributed by atoms with Gasteiger partial charge in [0.1, 0.15) is 5.82 Å². The van der Waals surface area contributed by atoms with Crippen molar-refractivity contribution in [3.8, 4) is 0 Å². The van der Waals surface area contributed by atoms with Gasteiger partial charge in [0.05, 0.1) is 24.9 Å². The molecule has 4 heteroatoms. The highest BCUT2D eigenvalue weighted by molar-refractivity contribution is 5.49. The summed E-state index contributed by atoms with van der Waals surface area (Å²) < 4.78 is 5.90. The molecule has 0 bridgehead atoms. The van der Waals surface area contributed by atoms with E-state index in [0.29, 0.717) is 12.1 Å². The van der Waals surface area contributed by atoms with Gasteiger partial charge in [-0.15, -0.1) is 0 Å². The van der Waals surface area contributed by atoms with Crippen LogP contribution in [0.4, 0.5) is 5.82 Å². The Bertz CT molecular complexity index is 434. The molecule has 1 saturated heterocycles. The molecule has 2 fully saturated rings. The molecule has 1 aliphatic heterocycles. The molecule has 2 aliphatic rings. The van der Waals surface area contributed by atoms with Crippen molar-refractivity contribution >= 4 is 5.82 Å². The molecular formula is C15H22N2O2. The maximum Gasteiger partial charge on any atom is 0.134 e. The van der Waals surface area contributed by atoms with E-state index in [-0.39, 0.29) is 0 Å². The first kappa shape index (κ1) is 12.9. The van der Waals surface area contributed by atoms with Gasteiger partial charge in [-0.25, -0.2) is 4.98 Å². The molecule has 4 nitrogen and oxygen atoms in total. The molecule has 1 saturated carbocycles. The van der Waals surface area contributed by atoms with Crippen molar-refractivity contribution in [2.45, 2.75) is 50.9 Å². The number of hydrogen-bond acceptors (Lipinski definition) is 4. The van der Waals surface area contributed by atoms with Crippen LogP contribution in [0.25, 0.3) is 0 Å². The number of hydrogen-bond donors (Lipinski definition) is 1. The van der Waals surface area contributed by atoms with Crippen molar-refractivity contribution in [1.29, 1.82) is 0 Å². The molecule has 2 unspecified atom stereocenters. The van der Waals surface area contributed by atoms with E-state index in [4.69, 9.17) is 4.74 Å². The number of rotatable bonds is 2. The van der Waals surface area contributed by atoms with Gasteiger partial charge >= 0.3 is 0 Å². The molecule has 0 amide bonds. The number of aromatic nitrogens is 1. The van der Waals surface area contributed by atoms with Crippen molar-refractivity contribution < 1.29 is 9.84 Å². The molecule has 1 aliphatic carbocycles. The minimum atomic E-state index is -0.478. The van der Waals surface area contributed by atoms with Crippen LogP contribution in [-0.2, 0) is 4.74 Å². The highest BCUT2D eigenvalue weighted by atomic mass is 16.5. The summed E-state index contributed by atoms with van der Waals surface area (Å²) in [6.45, 7) is 3.44. The summed E-state index contributed by atoms with van der Waals surface area (Å²) in [5.74, 6) is 0.942. The van der Waals surface area contributed by atoms with Crippen molar-refractivity contribution in [3.05, 3.63) is 23.9 Å². The van der Waals surface area contributed by atoms with E-state index in [1.807, 2.05) is 18.3 Å². The third-order valence-electron chi connectivity index (χ3n) is 4.27. The van der Waals surface area contributed by atoms with Gasteiger partial charge in [-0.1, -0.05) is 18.9 Å². The maximum absolute atomic E-state index is 9.93. The minimum absolute atomic E-state index is 0.339. The van der Waals surface area contributed by atoms with Crippen molar-refractivity contribution in [2.75, 3.05) is 18.1 Å². The summed E-state index contributed by atoms with van der Waals surface area (Å²) in [6, 6.07) is 4.29. The van der Waals surface area contributed by atoms with E-state index >= 15 is 0 Å². The number of ether oxygens (including phenoxy) is 1.